The first-order chi connectivity index (χ1) is 12.6. The van der Waals surface area contributed by atoms with Crippen LogP contribution in [0.15, 0.2) is 4.99 Å². The normalized spacial score (nSPS) is 19.3. The van der Waals surface area contributed by atoms with Crippen LogP contribution in [-0.2, 0) is 9.53 Å². The summed E-state index contributed by atoms with van der Waals surface area (Å²) in [6.07, 6.45) is -4.43. The Hall–Kier alpha value is -1.55. The minimum atomic E-state index is -4.42. The van der Waals surface area contributed by atoms with Crippen LogP contribution in [0.2, 0.25) is 0 Å². The summed E-state index contributed by atoms with van der Waals surface area (Å²) in [5, 5.41) is 6.09. The van der Waals surface area contributed by atoms with Gasteiger partial charge in [0.1, 0.15) is 13.1 Å². The predicted octanol–water partition coefficient (Wildman–Crippen LogP) is 0.919. The number of halogens is 3. The summed E-state index contributed by atoms with van der Waals surface area (Å²) < 4.78 is 42.8. The number of nitrogens with one attached hydrogen (secondary N) is 2. The van der Waals surface area contributed by atoms with Gasteiger partial charge in [0.15, 0.2) is 5.96 Å². The van der Waals surface area contributed by atoms with Gasteiger partial charge < -0.3 is 20.3 Å². The molecule has 0 saturated carbocycles. The number of aliphatic imine (C=N–C) groups is 1. The molecule has 1 atom stereocenters. The van der Waals surface area contributed by atoms with Gasteiger partial charge in [0.2, 0.25) is 5.91 Å². The largest absolute Gasteiger partial charge is 0.406 e. The first kappa shape index (κ1) is 23.5. The van der Waals surface area contributed by atoms with E-state index in [1.807, 2.05) is 6.92 Å². The van der Waals surface area contributed by atoms with Crippen LogP contribution in [0.25, 0.3) is 0 Å². The van der Waals surface area contributed by atoms with Crippen molar-refractivity contribution in [2.24, 2.45) is 10.9 Å². The maximum absolute atomic E-state index is 12.4. The second-order valence-electron chi connectivity index (χ2n) is 7.09. The third-order valence-corrected chi connectivity index (χ3v) is 3.90. The molecule has 7 nitrogen and oxygen atoms in total. The third kappa shape index (κ3) is 10.4. The molecule has 27 heavy (non-hydrogen) atoms. The molecule has 1 saturated heterocycles. The Morgan fingerprint density at radius 1 is 1.37 bits per heavy atom. The Morgan fingerprint density at radius 3 is 2.67 bits per heavy atom. The van der Waals surface area contributed by atoms with Crippen molar-refractivity contribution in [2.45, 2.75) is 33.1 Å². The molecular weight excluding hydrogens is 363 g/mol. The van der Waals surface area contributed by atoms with E-state index in [-0.39, 0.29) is 12.6 Å². The predicted molar refractivity (Wildman–Crippen MR) is 98.7 cm³/mol. The minimum absolute atomic E-state index is 0.00930. The topological polar surface area (TPSA) is 69.2 Å². The molecule has 2 N–H and O–H groups in total. The Bertz CT molecular complexity index is 486. The summed E-state index contributed by atoms with van der Waals surface area (Å²) >= 11 is 0. The molecule has 1 aliphatic heterocycles. The number of alkyl halides is 3. The van der Waals surface area contributed by atoms with Crippen LogP contribution in [0.1, 0.15) is 20.8 Å². The molecule has 0 bridgehead atoms. The average Bonchev–Trinajstić information content (AvgIpc) is 2.55. The number of ether oxygens (including phenoxy) is 1. The first-order valence-electron chi connectivity index (χ1n) is 9.27. The lowest BCUT2D eigenvalue weighted by Gasteiger charge is -2.34. The SMILES string of the molecule is CCNC(=NCC(=O)N(C)CC(F)(F)F)NCC1CN(CC(C)C)CCO1. The van der Waals surface area contributed by atoms with Gasteiger partial charge in [-0.2, -0.15) is 13.2 Å². The van der Waals surface area contributed by atoms with Gasteiger partial charge in [-0.05, 0) is 12.8 Å². The van der Waals surface area contributed by atoms with Gasteiger partial charge in [-0.1, -0.05) is 13.8 Å². The summed E-state index contributed by atoms with van der Waals surface area (Å²) in [6.45, 7) is 9.03. The van der Waals surface area contributed by atoms with Gasteiger partial charge in [0, 0.05) is 39.8 Å². The van der Waals surface area contributed by atoms with Crippen molar-refractivity contribution in [3.8, 4) is 0 Å². The molecule has 1 amide bonds. The standard InChI is InChI=1S/C17H32F3N5O2/c1-5-21-16(23-9-15(26)24(4)12-17(18,19)20)22-8-14-11-25(6-7-27-14)10-13(2)3/h13-14H,5-12H2,1-4H3,(H2,21,22,23). The van der Waals surface area contributed by atoms with Crippen molar-refractivity contribution in [1.82, 2.24) is 20.4 Å². The number of nitrogens with zero attached hydrogens (tertiary/aromatic N) is 3. The zero-order chi connectivity index (χ0) is 20.4. The van der Waals surface area contributed by atoms with Crippen LogP contribution in [-0.4, -0.2) is 93.4 Å². The zero-order valence-corrected chi connectivity index (χ0v) is 16.6. The van der Waals surface area contributed by atoms with E-state index < -0.39 is 18.6 Å². The molecule has 1 aliphatic rings. The fourth-order valence-corrected chi connectivity index (χ4v) is 2.76. The lowest BCUT2D eigenvalue weighted by Crippen LogP contribution is -2.50. The highest BCUT2D eigenvalue weighted by atomic mass is 19.4. The maximum Gasteiger partial charge on any atom is 0.406 e. The van der Waals surface area contributed by atoms with Crippen molar-refractivity contribution < 1.29 is 22.7 Å². The second-order valence-corrected chi connectivity index (χ2v) is 7.09. The number of hydrogen-bond acceptors (Lipinski definition) is 4. The number of carbonyl (C=O) groups is 1. The lowest BCUT2D eigenvalue weighted by atomic mass is 10.2. The van der Waals surface area contributed by atoms with Gasteiger partial charge in [-0.15, -0.1) is 0 Å². The van der Waals surface area contributed by atoms with E-state index in [4.69, 9.17) is 4.74 Å². The van der Waals surface area contributed by atoms with Gasteiger partial charge in [0.05, 0.1) is 12.7 Å². The fourth-order valence-electron chi connectivity index (χ4n) is 2.76. The van der Waals surface area contributed by atoms with Crippen molar-refractivity contribution in [3.63, 3.8) is 0 Å². The minimum Gasteiger partial charge on any atom is -0.374 e. The van der Waals surface area contributed by atoms with E-state index >= 15 is 0 Å². The lowest BCUT2D eigenvalue weighted by molar-refractivity contribution is -0.157. The third-order valence-electron chi connectivity index (χ3n) is 3.90. The van der Waals surface area contributed by atoms with E-state index in [1.54, 1.807) is 0 Å². The van der Waals surface area contributed by atoms with Gasteiger partial charge in [-0.25, -0.2) is 4.99 Å². The molecule has 1 unspecified atom stereocenters. The van der Waals surface area contributed by atoms with Crippen LogP contribution in [0, 0.1) is 5.92 Å². The Morgan fingerprint density at radius 2 is 2.07 bits per heavy atom. The van der Waals surface area contributed by atoms with Crippen LogP contribution in [0.5, 0.6) is 0 Å². The molecule has 1 heterocycles. The number of likely N-dealkylation sites (N-methyl/N-ethyl adjacent to an activating group) is 1. The monoisotopic (exact) mass is 395 g/mol. The molecule has 0 aromatic rings. The average molecular weight is 395 g/mol. The van der Waals surface area contributed by atoms with E-state index in [1.165, 1.54) is 0 Å². The fraction of sp³-hybridized carbons (Fsp3) is 0.882. The van der Waals surface area contributed by atoms with E-state index in [0.717, 1.165) is 26.7 Å². The zero-order valence-electron chi connectivity index (χ0n) is 16.6. The van der Waals surface area contributed by atoms with Crippen LogP contribution < -0.4 is 10.6 Å². The van der Waals surface area contributed by atoms with Gasteiger partial charge in [0.25, 0.3) is 0 Å². The molecule has 0 aromatic heterocycles. The van der Waals surface area contributed by atoms with Crippen molar-refractivity contribution in [3.05, 3.63) is 0 Å². The van der Waals surface area contributed by atoms with Gasteiger partial charge >= 0.3 is 6.18 Å². The molecule has 1 fully saturated rings. The van der Waals surface area contributed by atoms with Crippen molar-refractivity contribution >= 4 is 11.9 Å². The van der Waals surface area contributed by atoms with Crippen molar-refractivity contribution in [2.75, 3.05) is 59.5 Å². The number of guanidine groups is 1. The van der Waals surface area contributed by atoms with Gasteiger partial charge in [-0.3, -0.25) is 9.69 Å². The van der Waals surface area contributed by atoms with E-state index in [0.29, 0.717) is 36.5 Å². The molecular formula is C17H32F3N5O2. The number of rotatable bonds is 8. The smallest absolute Gasteiger partial charge is 0.374 e. The molecule has 1 rings (SSSR count). The summed E-state index contributed by atoms with van der Waals surface area (Å²) in [7, 11) is 1.12. The molecule has 0 aliphatic carbocycles. The highest BCUT2D eigenvalue weighted by Gasteiger charge is 2.31. The number of morpholine rings is 1. The number of hydrogen-bond donors (Lipinski definition) is 2. The highest BCUT2D eigenvalue weighted by molar-refractivity contribution is 5.84. The molecule has 0 aromatic carbocycles. The first-order valence-corrected chi connectivity index (χ1v) is 9.27. The summed E-state index contributed by atoms with van der Waals surface area (Å²) in [6, 6.07) is 0. The Kier molecular flexibility index (Phi) is 9.86. The summed E-state index contributed by atoms with van der Waals surface area (Å²) in [4.78, 5) is 18.9. The van der Waals surface area contributed by atoms with Crippen LogP contribution in [0.4, 0.5) is 13.2 Å². The number of carbonyl (C=O) groups excluding carboxylic acids is 1. The summed E-state index contributed by atoms with van der Waals surface area (Å²) in [5.41, 5.74) is 0. The number of amides is 1. The highest BCUT2D eigenvalue weighted by Crippen LogP contribution is 2.15. The maximum atomic E-state index is 12.4. The molecule has 158 valence electrons. The second kappa shape index (κ2) is 11.3. The quantitative estimate of drug-likeness (QED) is 0.473. The molecule has 0 radical (unpaired) electrons. The van der Waals surface area contributed by atoms with E-state index in [9.17, 15) is 18.0 Å². The Labute approximate surface area is 159 Å². The van der Waals surface area contributed by atoms with Crippen LogP contribution >= 0.6 is 0 Å². The Balaban J connectivity index is 2.50. The molecule has 0 spiro atoms. The van der Waals surface area contributed by atoms with Crippen LogP contribution in [0.3, 0.4) is 0 Å². The summed E-state index contributed by atoms with van der Waals surface area (Å²) in [5.74, 6) is 0.271. The van der Waals surface area contributed by atoms with Crippen molar-refractivity contribution in [1.29, 1.82) is 0 Å². The van der Waals surface area contributed by atoms with E-state index in [2.05, 4.69) is 34.4 Å². The molecule has 10 heteroatoms.